The average molecular weight is 333 g/mol. The fraction of sp³-hybridized carbons (Fsp3) is 0.500. The normalized spacial score (nSPS) is 17.4. The molecular weight excluding hydrogens is 316 g/mol. The second kappa shape index (κ2) is 6.70. The molecule has 1 heterocycles. The molecule has 0 aromatic heterocycles. The molecule has 0 N–H and O–H groups in total. The second-order valence-corrected chi connectivity index (χ2v) is 6.91. The predicted octanol–water partition coefficient (Wildman–Crippen LogP) is 1.93. The van der Waals surface area contributed by atoms with Crippen molar-refractivity contribution in [3.8, 4) is 0 Å². The summed E-state index contributed by atoms with van der Waals surface area (Å²) >= 11 is 0. The Bertz CT molecular complexity index is 655. The Labute approximate surface area is 127 Å². The molecule has 0 unspecified atom stereocenters. The number of nitrogens with zero attached hydrogens (tertiary/aromatic N) is 1. The second-order valence-electron chi connectivity index (χ2n) is 5.01. The zero-order valence-electron chi connectivity index (χ0n) is 12.1. The summed E-state index contributed by atoms with van der Waals surface area (Å²) in [5.74, 6) is -2.52. The summed E-state index contributed by atoms with van der Waals surface area (Å²) in [5, 5.41) is 0. The van der Waals surface area contributed by atoms with Crippen LogP contribution >= 0.6 is 0 Å². The van der Waals surface area contributed by atoms with Gasteiger partial charge in [0.15, 0.2) is 0 Å². The Hall–Kier alpha value is -1.54. The number of hydrogen-bond acceptors (Lipinski definition) is 4. The maximum Gasteiger partial charge on any atom is 0.309 e. The van der Waals surface area contributed by atoms with Gasteiger partial charge in [-0.1, -0.05) is 0 Å². The summed E-state index contributed by atoms with van der Waals surface area (Å²) in [6, 6.07) is 2.32. The van der Waals surface area contributed by atoms with Gasteiger partial charge < -0.3 is 4.74 Å². The summed E-state index contributed by atoms with van der Waals surface area (Å²) in [6.45, 7) is 2.11. The first kappa shape index (κ1) is 16.8. The van der Waals surface area contributed by atoms with Crippen molar-refractivity contribution in [2.24, 2.45) is 5.92 Å². The largest absolute Gasteiger partial charge is 0.466 e. The fourth-order valence-electron chi connectivity index (χ4n) is 2.41. The van der Waals surface area contributed by atoms with Crippen LogP contribution in [-0.4, -0.2) is 38.4 Å². The highest BCUT2D eigenvalue weighted by Crippen LogP contribution is 2.26. The van der Waals surface area contributed by atoms with Gasteiger partial charge in [0.1, 0.15) is 16.5 Å². The third-order valence-electron chi connectivity index (χ3n) is 3.58. The van der Waals surface area contributed by atoms with Crippen LogP contribution in [0.5, 0.6) is 0 Å². The van der Waals surface area contributed by atoms with E-state index in [1.807, 2.05) is 0 Å². The van der Waals surface area contributed by atoms with Crippen LogP contribution in [0.15, 0.2) is 23.1 Å². The first-order valence-corrected chi connectivity index (χ1v) is 8.42. The van der Waals surface area contributed by atoms with Crippen molar-refractivity contribution in [1.82, 2.24) is 4.31 Å². The van der Waals surface area contributed by atoms with Crippen molar-refractivity contribution >= 4 is 16.0 Å². The maximum atomic E-state index is 13.7. The Morgan fingerprint density at radius 1 is 1.32 bits per heavy atom. The molecule has 1 saturated heterocycles. The van der Waals surface area contributed by atoms with Gasteiger partial charge in [0.25, 0.3) is 0 Å². The van der Waals surface area contributed by atoms with Crippen molar-refractivity contribution in [2.45, 2.75) is 24.7 Å². The molecule has 0 saturated carbocycles. The van der Waals surface area contributed by atoms with Gasteiger partial charge >= 0.3 is 5.97 Å². The van der Waals surface area contributed by atoms with E-state index in [0.29, 0.717) is 18.9 Å². The number of carbonyl (C=O) groups excluding carboxylic acids is 1. The summed E-state index contributed by atoms with van der Waals surface area (Å²) < 4.78 is 57.6. The van der Waals surface area contributed by atoms with Gasteiger partial charge in [-0.3, -0.25) is 4.79 Å². The maximum absolute atomic E-state index is 13.7. The lowest BCUT2D eigenvalue weighted by Crippen LogP contribution is -2.40. The minimum Gasteiger partial charge on any atom is -0.466 e. The monoisotopic (exact) mass is 333 g/mol. The smallest absolute Gasteiger partial charge is 0.309 e. The molecule has 1 aromatic carbocycles. The molecule has 0 atom stereocenters. The highest BCUT2D eigenvalue weighted by atomic mass is 32.2. The lowest BCUT2D eigenvalue weighted by molar-refractivity contribution is -0.149. The molecule has 2 rings (SSSR count). The third kappa shape index (κ3) is 3.44. The molecule has 1 aliphatic rings. The van der Waals surface area contributed by atoms with Gasteiger partial charge in [0, 0.05) is 13.1 Å². The van der Waals surface area contributed by atoms with Crippen LogP contribution < -0.4 is 0 Å². The first-order chi connectivity index (χ1) is 10.4. The van der Waals surface area contributed by atoms with Gasteiger partial charge in [0.05, 0.1) is 12.5 Å². The molecule has 5 nitrogen and oxygen atoms in total. The van der Waals surface area contributed by atoms with E-state index in [-0.39, 0.29) is 31.6 Å². The number of piperidine rings is 1. The minimum atomic E-state index is -4.11. The molecule has 0 amide bonds. The van der Waals surface area contributed by atoms with Crippen molar-refractivity contribution in [3.05, 3.63) is 29.8 Å². The van der Waals surface area contributed by atoms with Crippen LogP contribution in [0.3, 0.4) is 0 Å². The highest BCUT2D eigenvalue weighted by Gasteiger charge is 2.34. The lowest BCUT2D eigenvalue weighted by Gasteiger charge is -2.30. The van der Waals surface area contributed by atoms with Crippen LogP contribution in [0, 0.1) is 17.6 Å². The molecule has 0 radical (unpaired) electrons. The molecule has 22 heavy (non-hydrogen) atoms. The van der Waals surface area contributed by atoms with Gasteiger partial charge in [-0.2, -0.15) is 4.31 Å². The van der Waals surface area contributed by atoms with E-state index in [4.69, 9.17) is 4.74 Å². The predicted molar refractivity (Wildman–Crippen MR) is 74.5 cm³/mol. The van der Waals surface area contributed by atoms with Crippen LogP contribution in [-0.2, 0) is 19.6 Å². The summed E-state index contributed by atoms with van der Waals surface area (Å²) in [4.78, 5) is 10.9. The molecule has 0 spiro atoms. The summed E-state index contributed by atoms with van der Waals surface area (Å²) in [5.41, 5.74) is 0. The molecule has 0 aliphatic carbocycles. The SMILES string of the molecule is CCOC(=O)C1CCN(S(=O)(=O)c2cc(F)ccc2F)CC1. The van der Waals surface area contributed by atoms with Gasteiger partial charge in [-0.05, 0) is 38.0 Å². The first-order valence-electron chi connectivity index (χ1n) is 6.98. The van der Waals surface area contributed by atoms with Crippen molar-refractivity contribution in [3.63, 3.8) is 0 Å². The minimum absolute atomic E-state index is 0.0712. The van der Waals surface area contributed by atoms with Gasteiger partial charge in [0.2, 0.25) is 10.0 Å². The van der Waals surface area contributed by atoms with Crippen LogP contribution in [0.25, 0.3) is 0 Å². The van der Waals surface area contributed by atoms with Gasteiger partial charge in [-0.25, -0.2) is 17.2 Å². The van der Waals surface area contributed by atoms with Crippen molar-refractivity contribution in [1.29, 1.82) is 0 Å². The van der Waals surface area contributed by atoms with Gasteiger partial charge in [-0.15, -0.1) is 0 Å². The highest BCUT2D eigenvalue weighted by molar-refractivity contribution is 7.89. The van der Waals surface area contributed by atoms with Crippen molar-refractivity contribution < 1.29 is 26.7 Å². The van der Waals surface area contributed by atoms with E-state index < -0.39 is 26.6 Å². The number of esters is 1. The molecule has 122 valence electrons. The van der Waals surface area contributed by atoms with E-state index in [0.717, 1.165) is 16.4 Å². The number of hydrogen-bond donors (Lipinski definition) is 0. The van der Waals surface area contributed by atoms with E-state index in [1.165, 1.54) is 0 Å². The third-order valence-corrected chi connectivity index (χ3v) is 5.50. The summed E-state index contributed by atoms with van der Waals surface area (Å²) in [6.07, 6.45) is 0.601. The number of sulfonamides is 1. The number of halogens is 2. The standard InChI is InChI=1S/C14H17F2NO4S/c1-2-21-14(18)10-5-7-17(8-6-10)22(19,20)13-9-11(15)3-4-12(13)16/h3-4,9-10H,2,5-8H2,1H3. The molecule has 1 fully saturated rings. The average Bonchev–Trinajstić information content (AvgIpc) is 2.50. The zero-order valence-corrected chi connectivity index (χ0v) is 12.9. The molecule has 0 bridgehead atoms. The summed E-state index contributed by atoms with van der Waals surface area (Å²) in [7, 11) is -4.11. The number of carbonyl (C=O) groups is 1. The Morgan fingerprint density at radius 3 is 2.55 bits per heavy atom. The van der Waals surface area contributed by atoms with Crippen LogP contribution in [0.4, 0.5) is 8.78 Å². The Kier molecular flexibility index (Phi) is 5.12. The number of benzene rings is 1. The number of rotatable bonds is 4. The van der Waals surface area contributed by atoms with E-state index >= 15 is 0 Å². The van der Waals surface area contributed by atoms with Crippen LogP contribution in [0.1, 0.15) is 19.8 Å². The van der Waals surface area contributed by atoms with E-state index in [9.17, 15) is 22.0 Å². The van der Waals surface area contributed by atoms with Crippen molar-refractivity contribution in [2.75, 3.05) is 19.7 Å². The topological polar surface area (TPSA) is 63.7 Å². The van der Waals surface area contributed by atoms with E-state index in [1.54, 1.807) is 6.92 Å². The molecule has 1 aliphatic heterocycles. The quantitative estimate of drug-likeness (QED) is 0.790. The molecular formula is C14H17F2NO4S. The Balaban J connectivity index is 2.13. The zero-order chi connectivity index (χ0) is 16.3. The molecule has 8 heteroatoms. The Morgan fingerprint density at radius 2 is 1.95 bits per heavy atom. The fourth-order valence-corrected chi connectivity index (χ4v) is 3.95. The van der Waals surface area contributed by atoms with E-state index in [2.05, 4.69) is 0 Å². The molecule has 1 aromatic rings. The van der Waals surface area contributed by atoms with Crippen LogP contribution in [0.2, 0.25) is 0 Å². The number of ether oxygens (including phenoxy) is 1. The lowest BCUT2D eigenvalue weighted by atomic mass is 9.98.